The zero-order valence-electron chi connectivity index (χ0n) is 12.4. The van der Waals surface area contributed by atoms with E-state index in [1.165, 1.54) is 0 Å². The Labute approximate surface area is 125 Å². The number of nitrogens with two attached hydrogens (primary N) is 1. The van der Waals surface area contributed by atoms with Gasteiger partial charge in [0.15, 0.2) is 0 Å². The van der Waals surface area contributed by atoms with Gasteiger partial charge >= 0.3 is 0 Å². The highest BCUT2D eigenvalue weighted by molar-refractivity contribution is 5.97. The number of anilines is 2. The molecule has 1 aliphatic rings. The van der Waals surface area contributed by atoms with Gasteiger partial charge < -0.3 is 15.8 Å². The van der Waals surface area contributed by atoms with E-state index in [4.69, 9.17) is 10.5 Å². The average Bonchev–Trinajstić information content (AvgIpc) is 2.49. The number of rotatable bonds is 4. The molecule has 1 unspecified atom stereocenters. The molecule has 0 amide bonds. The molecule has 0 spiro atoms. The van der Waals surface area contributed by atoms with Crippen LogP contribution in [0.4, 0.5) is 11.4 Å². The number of fused-ring (bicyclic) bond motifs is 1. The molecule has 5 nitrogen and oxygen atoms in total. The minimum Gasteiger partial charge on any atom is -0.397 e. The van der Waals surface area contributed by atoms with Crippen LogP contribution in [0.1, 0.15) is 6.92 Å². The van der Waals surface area contributed by atoms with Crippen molar-refractivity contribution in [3.05, 3.63) is 30.5 Å². The van der Waals surface area contributed by atoms with Gasteiger partial charge in [-0.15, -0.1) is 0 Å². The Morgan fingerprint density at radius 1 is 1.33 bits per heavy atom. The fraction of sp³-hybridized carbons (Fsp3) is 0.438. The number of nitrogen functional groups attached to an aromatic ring is 1. The summed E-state index contributed by atoms with van der Waals surface area (Å²) in [5.41, 5.74) is 8.67. The number of hydrogen-bond acceptors (Lipinski definition) is 5. The van der Waals surface area contributed by atoms with Crippen LogP contribution in [0, 0.1) is 0 Å². The van der Waals surface area contributed by atoms with E-state index in [-0.39, 0.29) is 0 Å². The summed E-state index contributed by atoms with van der Waals surface area (Å²) in [6.07, 6.45) is 1.81. The van der Waals surface area contributed by atoms with Gasteiger partial charge in [0, 0.05) is 42.9 Å². The van der Waals surface area contributed by atoms with Crippen LogP contribution >= 0.6 is 0 Å². The van der Waals surface area contributed by atoms with Gasteiger partial charge in [0.25, 0.3) is 0 Å². The Morgan fingerprint density at radius 2 is 2.14 bits per heavy atom. The molecule has 3 rings (SSSR count). The molecule has 5 heteroatoms. The van der Waals surface area contributed by atoms with Gasteiger partial charge in [-0.1, -0.05) is 12.1 Å². The zero-order chi connectivity index (χ0) is 14.7. The van der Waals surface area contributed by atoms with Crippen molar-refractivity contribution in [2.45, 2.75) is 13.0 Å². The van der Waals surface area contributed by atoms with Crippen LogP contribution in [0.15, 0.2) is 30.5 Å². The van der Waals surface area contributed by atoms with Gasteiger partial charge in [-0.05, 0) is 19.1 Å². The molecule has 1 aliphatic heterocycles. The number of benzene rings is 1. The van der Waals surface area contributed by atoms with Gasteiger partial charge in [-0.25, -0.2) is 0 Å². The number of nitrogens with one attached hydrogen (secondary N) is 1. The predicted octanol–water partition coefficient (Wildman–Crippen LogP) is 1.95. The number of pyridine rings is 1. The van der Waals surface area contributed by atoms with E-state index in [1.807, 2.05) is 24.4 Å². The van der Waals surface area contributed by atoms with Crippen LogP contribution < -0.4 is 11.1 Å². The third-order valence-corrected chi connectivity index (χ3v) is 3.84. The first-order valence-corrected chi connectivity index (χ1v) is 7.44. The van der Waals surface area contributed by atoms with Crippen molar-refractivity contribution in [1.82, 2.24) is 9.88 Å². The topological polar surface area (TPSA) is 63.4 Å². The van der Waals surface area contributed by atoms with E-state index < -0.39 is 0 Å². The molecule has 3 N–H and O–H groups in total. The molecule has 21 heavy (non-hydrogen) atoms. The Balaban J connectivity index is 1.73. The molecule has 112 valence electrons. The van der Waals surface area contributed by atoms with Crippen LogP contribution in [0.5, 0.6) is 0 Å². The van der Waals surface area contributed by atoms with Gasteiger partial charge in [0.2, 0.25) is 0 Å². The summed E-state index contributed by atoms with van der Waals surface area (Å²) < 4.78 is 5.39. The van der Waals surface area contributed by atoms with Crippen molar-refractivity contribution in [2.24, 2.45) is 0 Å². The normalized spacial score (nSPS) is 17.8. The molecule has 0 saturated carbocycles. The molecule has 0 bridgehead atoms. The molecule has 0 radical (unpaired) electrons. The molecule has 1 aromatic heterocycles. The van der Waals surface area contributed by atoms with E-state index >= 15 is 0 Å². The number of para-hydroxylation sites is 1. The van der Waals surface area contributed by atoms with Crippen LogP contribution in [0.3, 0.4) is 0 Å². The Kier molecular flexibility index (Phi) is 4.22. The number of ether oxygens (including phenoxy) is 1. The molecule has 1 aromatic carbocycles. The van der Waals surface area contributed by atoms with E-state index in [0.29, 0.717) is 6.04 Å². The van der Waals surface area contributed by atoms with Gasteiger partial charge in [0.1, 0.15) is 0 Å². The lowest BCUT2D eigenvalue weighted by molar-refractivity contribution is 0.0368. The summed E-state index contributed by atoms with van der Waals surface area (Å²) in [6.45, 7) is 6.90. The van der Waals surface area contributed by atoms with Crippen molar-refractivity contribution in [3.63, 3.8) is 0 Å². The first-order valence-electron chi connectivity index (χ1n) is 7.44. The molecule has 2 aromatic rings. The molecule has 2 heterocycles. The molecular weight excluding hydrogens is 264 g/mol. The third-order valence-electron chi connectivity index (χ3n) is 3.84. The molecule has 1 atom stereocenters. The molecule has 0 aliphatic carbocycles. The highest BCUT2D eigenvalue weighted by atomic mass is 16.5. The molecular formula is C16H22N4O. The maximum Gasteiger partial charge on any atom is 0.0951 e. The summed E-state index contributed by atoms with van der Waals surface area (Å²) >= 11 is 0. The monoisotopic (exact) mass is 286 g/mol. The fourth-order valence-corrected chi connectivity index (χ4v) is 2.81. The third kappa shape index (κ3) is 3.25. The maximum absolute atomic E-state index is 5.99. The zero-order valence-corrected chi connectivity index (χ0v) is 12.4. The van der Waals surface area contributed by atoms with Crippen LogP contribution in [0.2, 0.25) is 0 Å². The second kappa shape index (κ2) is 6.28. The van der Waals surface area contributed by atoms with E-state index in [9.17, 15) is 0 Å². The predicted molar refractivity (Wildman–Crippen MR) is 86.5 cm³/mol. The smallest absolute Gasteiger partial charge is 0.0951 e. The quantitative estimate of drug-likeness (QED) is 0.841. The standard InChI is InChI=1S/C16H22N4O/c1-12(11-20-7-9-21-10-8-20)19-15-5-6-18-16-13(15)3-2-4-14(16)17/h2-6,12H,7-11,17H2,1H3,(H,18,19). The SMILES string of the molecule is CC(CN1CCOCC1)Nc1ccnc2c(N)cccc12. The van der Waals surface area contributed by atoms with Gasteiger partial charge in [-0.3, -0.25) is 9.88 Å². The lowest BCUT2D eigenvalue weighted by Gasteiger charge is -2.29. The minimum absolute atomic E-state index is 0.357. The molecule has 1 saturated heterocycles. The molecule has 1 fully saturated rings. The Morgan fingerprint density at radius 3 is 2.95 bits per heavy atom. The van der Waals surface area contributed by atoms with Crippen LogP contribution in [-0.2, 0) is 4.74 Å². The summed E-state index contributed by atoms with van der Waals surface area (Å²) in [5.74, 6) is 0. The lowest BCUT2D eigenvalue weighted by Crippen LogP contribution is -2.42. The van der Waals surface area contributed by atoms with E-state index in [1.54, 1.807) is 0 Å². The summed E-state index contributed by atoms with van der Waals surface area (Å²) in [6, 6.07) is 8.28. The average molecular weight is 286 g/mol. The summed E-state index contributed by atoms with van der Waals surface area (Å²) in [4.78, 5) is 6.80. The number of nitrogens with zero attached hydrogens (tertiary/aromatic N) is 2. The van der Waals surface area contributed by atoms with Crippen molar-refractivity contribution in [1.29, 1.82) is 0 Å². The summed E-state index contributed by atoms with van der Waals surface area (Å²) in [7, 11) is 0. The van der Waals surface area contributed by atoms with Crippen molar-refractivity contribution in [2.75, 3.05) is 43.9 Å². The summed E-state index contributed by atoms with van der Waals surface area (Å²) in [5, 5.41) is 4.66. The Hall–Kier alpha value is -1.85. The van der Waals surface area contributed by atoms with Gasteiger partial charge in [0.05, 0.1) is 24.4 Å². The number of hydrogen-bond donors (Lipinski definition) is 2. The number of morpholine rings is 1. The highest BCUT2D eigenvalue weighted by Crippen LogP contribution is 2.25. The number of aromatic nitrogens is 1. The van der Waals surface area contributed by atoms with Gasteiger partial charge in [-0.2, -0.15) is 0 Å². The first-order chi connectivity index (χ1) is 10.2. The lowest BCUT2D eigenvalue weighted by atomic mass is 10.1. The van der Waals surface area contributed by atoms with Crippen molar-refractivity contribution < 1.29 is 4.74 Å². The second-order valence-corrected chi connectivity index (χ2v) is 5.56. The van der Waals surface area contributed by atoms with Crippen molar-refractivity contribution in [3.8, 4) is 0 Å². The largest absolute Gasteiger partial charge is 0.397 e. The van der Waals surface area contributed by atoms with Crippen LogP contribution in [-0.4, -0.2) is 48.8 Å². The van der Waals surface area contributed by atoms with Crippen molar-refractivity contribution >= 4 is 22.3 Å². The van der Waals surface area contributed by atoms with Crippen LogP contribution in [0.25, 0.3) is 10.9 Å². The highest BCUT2D eigenvalue weighted by Gasteiger charge is 2.14. The Bertz CT molecular complexity index is 610. The first kappa shape index (κ1) is 14.1. The van der Waals surface area contributed by atoms with E-state index in [0.717, 1.165) is 55.1 Å². The second-order valence-electron chi connectivity index (χ2n) is 5.56. The van der Waals surface area contributed by atoms with E-state index in [2.05, 4.69) is 28.2 Å². The maximum atomic E-state index is 5.99. The minimum atomic E-state index is 0.357. The fourth-order valence-electron chi connectivity index (χ4n) is 2.81.